The monoisotopic (exact) mass is 378 g/mol. The Morgan fingerprint density at radius 2 is 1.86 bits per heavy atom. The van der Waals surface area contributed by atoms with E-state index in [1.807, 2.05) is 36.5 Å². The molecule has 0 aliphatic carbocycles. The number of carbonyl (C=O) groups excluding carboxylic acids is 1. The SMILES string of the molecule is COC(=O)CCc1ccc(-c2nc(-c3ccc(C(=N)N)cc3)c[nH]2)cc1OC. The number of nitrogen functional groups attached to an aromatic ring is 1. The number of hydrogen-bond donors (Lipinski definition) is 3. The van der Waals surface area contributed by atoms with E-state index in [0.29, 0.717) is 30.0 Å². The zero-order valence-electron chi connectivity index (χ0n) is 15.8. The van der Waals surface area contributed by atoms with Gasteiger partial charge in [-0.25, -0.2) is 4.98 Å². The minimum absolute atomic E-state index is 0.0358. The Morgan fingerprint density at radius 3 is 2.50 bits per heavy atom. The molecule has 7 nitrogen and oxygen atoms in total. The van der Waals surface area contributed by atoms with Crippen LogP contribution in [0.25, 0.3) is 22.6 Å². The Hall–Kier alpha value is -3.61. The number of amidine groups is 1. The summed E-state index contributed by atoms with van der Waals surface area (Å²) in [6.07, 6.45) is 2.67. The topological polar surface area (TPSA) is 114 Å². The standard InChI is InChI=1S/C21H22N4O3/c1-27-18-11-16(8-5-14(18)9-10-19(26)28-2)21-24-12-17(25-21)13-3-6-15(7-4-13)20(22)23/h3-8,11-12H,9-10H2,1-2H3,(H3,22,23)(H,24,25). The van der Waals surface area contributed by atoms with E-state index < -0.39 is 0 Å². The van der Waals surface area contributed by atoms with Crippen molar-refractivity contribution in [1.82, 2.24) is 9.97 Å². The molecule has 0 atom stereocenters. The molecule has 28 heavy (non-hydrogen) atoms. The van der Waals surface area contributed by atoms with Crippen LogP contribution in [0.3, 0.4) is 0 Å². The van der Waals surface area contributed by atoms with Crippen LogP contribution in [0.2, 0.25) is 0 Å². The van der Waals surface area contributed by atoms with E-state index in [1.54, 1.807) is 19.2 Å². The quantitative estimate of drug-likeness (QED) is 0.332. The predicted molar refractivity (Wildman–Crippen MR) is 107 cm³/mol. The fourth-order valence-electron chi connectivity index (χ4n) is 2.88. The molecule has 3 rings (SSSR count). The van der Waals surface area contributed by atoms with Crippen molar-refractivity contribution in [2.24, 2.45) is 5.73 Å². The molecule has 0 fully saturated rings. The number of aryl methyl sites for hydroxylation is 1. The summed E-state index contributed by atoms with van der Waals surface area (Å²) in [5.74, 6) is 1.19. The number of methoxy groups -OCH3 is 2. The minimum atomic E-state index is -0.252. The first-order chi connectivity index (χ1) is 13.5. The second-order valence-electron chi connectivity index (χ2n) is 6.23. The number of nitrogens with two attached hydrogens (primary N) is 1. The molecule has 7 heteroatoms. The first kappa shape index (κ1) is 19.2. The molecule has 144 valence electrons. The maximum atomic E-state index is 11.4. The molecule has 1 heterocycles. The van der Waals surface area contributed by atoms with Crippen molar-refractivity contribution >= 4 is 11.8 Å². The van der Waals surface area contributed by atoms with Gasteiger partial charge in [-0.15, -0.1) is 0 Å². The first-order valence-corrected chi connectivity index (χ1v) is 8.76. The molecule has 0 unspecified atom stereocenters. The molecule has 0 aliphatic heterocycles. The number of aromatic amines is 1. The first-order valence-electron chi connectivity index (χ1n) is 8.76. The predicted octanol–water partition coefficient (Wildman–Crippen LogP) is 3.14. The van der Waals surface area contributed by atoms with E-state index in [-0.39, 0.29) is 11.8 Å². The number of H-pyrrole nitrogens is 1. The van der Waals surface area contributed by atoms with Gasteiger partial charge in [-0.2, -0.15) is 0 Å². The van der Waals surface area contributed by atoms with Crippen molar-refractivity contribution in [3.8, 4) is 28.4 Å². The smallest absolute Gasteiger partial charge is 0.305 e. The van der Waals surface area contributed by atoms with Crippen LogP contribution in [-0.2, 0) is 16.0 Å². The summed E-state index contributed by atoms with van der Waals surface area (Å²) < 4.78 is 10.2. The average Bonchev–Trinajstić information content (AvgIpc) is 3.22. The van der Waals surface area contributed by atoms with Crippen LogP contribution in [-0.4, -0.2) is 36.0 Å². The molecule has 1 aromatic heterocycles. The summed E-state index contributed by atoms with van der Waals surface area (Å²) in [7, 11) is 2.98. The second-order valence-corrected chi connectivity index (χ2v) is 6.23. The molecule has 0 radical (unpaired) electrons. The van der Waals surface area contributed by atoms with Crippen LogP contribution in [0, 0.1) is 5.41 Å². The van der Waals surface area contributed by atoms with Gasteiger partial charge in [0.2, 0.25) is 0 Å². The molecule has 0 bridgehead atoms. The van der Waals surface area contributed by atoms with Gasteiger partial charge in [0.15, 0.2) is 0 Å². The summed E-state index contributed by atoms with van der Waals surface area (Å²) in [5, 5.41) is 7.47. The highest BCUT2D eigenvalue weighted by Crippen LogP contribution is 2.28. The van der Waals surface area contributed by atoms with E-state index in [0.717, 1.165) is 22.4 Å². The Kier molecular flexibility index (Phi) is 5.74. The summed E-state index contributed by atoms with van der Waals surface area (Å²) in [4.78, 5) is 19.2. The van der Waals surface area contributed by atoms with E-state index in [9.17, 15) is 4.79 Å². The van der Waals surface area contributed by atoms with Gasteiger partial charge in [-0.1, -0.05) is 36.4 Å². The zero-order valence-corrected chi connectivity index (χ0v) is 15.8. The number of imidazole rings is 1. The summed E-state index contributed by atoms with van der Waals surface area (Å²) >= 11 is 0. The van der Waals surface area contributed by atoms with Crippen molar-refractivity contribution in [1.29, 1.82) is 5.41 Å². The summed E-state index contributed by atoms with van der Waals surface area (Å²) in [5.41, 5.74) is 9.69. The van der Waals surface area contributed by atoms with Crippen molar-refractivity contribution in [3.63, 3.8) is 0 Å². The highest BCUT2D eigenvalue weighted by molar-refractivity contribution is 5.95. The van der Waals surface area contributed by atoms with Crippen LogP contribution in [0.5, 0.6) is 5.75 Å². The van der Waals surface area contributed by atoms with Crippen molar-refractivity contribution in [2.45, 2.75) is 12.8 Å². The lowest BCUT2D eigenvalue weighted by Crippen LogP contribution is -2.10. The summed E-state index contributed by atoms with van der Waals surface area (Å²) in [6, 6.07) is 13.1. The number of rotatable bonds is 7. The number of nitrogens with zero attached hydrogens (tertiary/aromatic N) is 1. The Labute approximate surface area is 163 Å². The zero-order chi connectivity index (χ0) is 20.1. The second kappa shape index (κ2) is 8.39. The highest BCUT2D eigenvalue weighted by atomic mass is 16.5. The molecule has 0 saturated carbocycles. The van der Waals surface area contributed by atoms with Crippen LogP contribution in [0.4, 0.5) is 0 Å². The molecule has 0 saturated heterocycles. The Morgan fingerprint density at radius 1 is 1.14 bits per heavy atom. The van der Waals surface area contributed by atoms with E-state index in [1.165, 1.54) is 7.11 Å². The Bertz CT molecular complexity index is 993. The van der Waals surface area contributed by atoms with Gasteiger partial charge in [-0.05, 0) is 18.1 Å². The van der Waals surface area contributed by atoms with Crippen LogP contribution in [0.15, 0.2) is 48.7 Å². The van der Waals surface area contributed by atoms with Crippen LogP contribution < -0.4 is 10.5 Å². The van der Waals surface area contributed by atoms with Gasteiger partial charge < -0.3 is 20.2 Å². The van der Waals surface area contributed by atoms with Crippen molar-refractivity contribution in [3.05, 3.63) is 59.8 Å². The fraction of sp³-hybridized carbons (Fsp3) is 0.190. The average molecular weight is 378 g/mol. The number of esters is 1. The third-order valence-corrected chi connectivity index (χ3v) is 4.46. The maximum Gasteiger partial charge on any atom is 0.305 e. The van der Waals surface area contributed by atoms with Gasteiger partial charge in [0.25, 0.3) is 0 Å². The lowest BCUT2D eigenvalue weighted by atomic mass is 10.1. The van der Waals surface area contributed by atoms with Crippen LogP contribution >= 0.6 is 0 Å². The summed E-state index contributed by atoms with van der Waals surface area (Å²) in [6.45, 7) is 0. The highest BCUT2D eigenvalue weighted by Gasteiger charge is 2.11. The normalized spacial score (nSPS) is 10.5. The third kappa shape index (κ3) is 4.20. The lowest BCUT2D eigenvalue weighted by Gasteiger charge is -2.09. The fourth-order valence-corrected chi connectivity index (χ4v) is 2.88. The molecule has 2 aromatic carbocycles. The molecule has 3 aromatic rings. The number of carbonyl (C=O) groups is 1. The molecule has 0 spiro atoms. The maximum absolute atomic E-state index is 11.4. The van der Waals surface area contributed by atoms with Gasteiger partial charge >= 0.3 is 5.97 Å². The lowest BCUT2D eigenvalue weighted by molar-refractivity contribution is -0.140. The minimum Gasteiger partial charge on any atom is -0.496 e. The van der Waals surface area contributed by atoms with Crippen molar-refractivity contribution < 1.29 is 14.3 Å². The number of ether oxygens (including phenoxy) is 2. The number of hydrogen-bond acceptors (Lipinski definition) is 5. The molecular formula is C21H22N4O3. The van der Waals surface area contributed by atoms with Gasteiger partial charge in [0.1, 0.15) is 17.4 Å². The van der Waals surface area contributed by atoms with E-state index >= 15 is 0 Å². The Balaban J connectivity index is 1.82. The van der Waals surface area contributed by atoms with Gasteiger partial charge in [0, 0.05) is 29.3 Å². The molecule has 4 N–H and O–H groups in total. The van der Waals surface area contributed by atoms with E-state index in [2.05, 4.69) is 9.97 Å². The largest absolute Gasteiger partial charge is 0.496 e. The van der Waals surface area contributed by atoms with E-state index in [4.69, 9.17) is 20.6 Å². The van der Waals surface area contributed by atoms with Gasteiger partial charge in [-0.3, -0.25) is 10.2 Å². The molecule has 0 aliphatic rings. The van der Waals surface area contributed by atoms with Crippen molar-refractivity contribution in [2.75, 3.05) is 14.2 Å². The molecule has 0 amide bonds. The third-order valence-electron chi connectivity index (χ3n) is 4.46. The van der Waals surface area contributed by atoms with Crippen LogP contribution in [0.1, 0.15) is 17.5 Å². The van der Waals surface area contributed by atoms with Gasteiger partial charge in [0.05, 0.1) is 19.9 Å². The number of aromatic nitrogens is 2. The number of nitrogens with one attached hydrogen (secondary N) is 2. The molecular weight excluding hydrogens is 356 g/mol. The number of benzene rings is 2.